The standard InChI is InChI=1S/C21H24N2O5/c1-15(16-8-4-3-5-9-16)22-20(25)14-28-21(26)13-12-19(24)23-17-10-6-7-11-18(17)27-2/h3-11,15H,12-14H2,1-2H3,(H,22,25)(H,23,24)/t15-/m1/s1. The zero-order chi connectivity index (χ0) is 20.4. The lowest BCUT2D eigenvalue weighted by Crippen LogP contribution is -2.31. The van der Waals surface area contributed by atoms with Gasteiger partial charge < -0.3 is 20.1 Å². The van der Waals surface area contributed by atoms with Crippen molar-refractivity contribution >= 4 is 23.5 Å². The number of rotatable bonds is 9. The highest BCUT2D eigenvalue weighted by atomic mass is 16.5. The van der Waals surface area contributed by atoms with E-state index in [2.05, 4.69) is 10.6 Å². The van der Waals surface area contributed by atoms with Crippen LogP contribution in [0.3, 0.4) is 0 Å². The number of benzene rings is 2. The maximum absolute atomic E-state index is 12.0. The molecule has 2 aromatic carbocycles. The number of carbonyl (C=O) groups is 3. The van der Waals surface area contributed by atoms with Crippen molar-refractivity contribution in [3.63, 3.8) is 0 Å². The molecule has 7 nitrogen and oxygen atoms in total. The normalized spacial score (nSPS) is 11.2. The molecule has 2 N–H and O–H groups in total. The van der Waals surface area contributed by atoms with E-state index >= 15 is 0 Å². The Bertz CT molecular complexity index is 807. The average Bonchev–Trinajstić information content (AvgIpc) is 2.71. The molecule has 7 heteroatoms. The molecule has 0 fully saturated rings. The van der Waals surface area contributed by atoms with Crippen LogP contribution in [-0.2, 0) is 19.1 Å². The molecule has 2 rings (SSSR count). The van der Waals surface area contributed by atoms with Crippen molar-refractivity contribution in [2.24, 2.45) is 0 Å². The first-order valence-corrected chi connectivity index (χ1v) is 8.92. The lowest BCUT2D eigenvalue weighted by atomic mass is 10.1. The molecule has 0 saturated heterocycles. The van der Waals surface area contributed by atoms with Gasteiger partial charge in [-0.2, -0.15) is 0 Å². The minimum Gasteiger partial charge on any atom is -0.495 e. The Kier molecular flexibility index (Phi) is 8.02. The largest absolute Gasteiger partial charge is 0.495 e. The van der Waals surface area contributed by atoms with Crippen LogP contribution < -0.4 is 15.4 Å². The Morgan fingerprint density at radius 1 is 0.929 bits per heavy atom. The summed E-state index contributed by atoms with van der Waals surface area (Å²) in [6.07, 6.45) is -0.179. The first-order chi connectivity index (χ1) is 13.5. The Labute approximate surface area is 164 Å². The summed E-state index contributed by atoms with van der Waals surface area (Å²) in [4.78, 5) is 35.6. The highest BCUT2D eigenvalue weighted by Crippen LogP contribution is 2.23. The number of methoxy groups -OCH3 is 1. The van der Waals surface area contributed by atoms with E-state index in [1.807, 2.05) is 37.3 Å². The molecule has 2 amide bonds. The minimum absolute atomic E-state index is 0.0566. The molecule has 0 aliphatic heterocycles. The number of nitrogens with one attached hydrogen (secondary N) is 2. The molecule has 0 aliphatic carbocycles. The first kappa shape index (κ1) is 21.0. The molecule has 0 aromatic heterocycles. The second kappa shape index (κ2) is 10.7. The molecule has 0 unspecified atom stereocenters. The molecule has 2 aromatic rings. The maximum Gasteiger partial charge on any atom is 0.306 e. The lowest BCUT2D eigenvalue weighted by Gasteiger charge is -2.14. The molecule has 0 radical (unpaired) electrons. The van der Waals surface area contributed by atoms with Crippen molar-refractivity contribution in [1.82, 2.24) is 5.32 Å². The van der Waals surface area contributed by atoms with Crippen LogP contribution in [0.2, 0.25) is 0 Å². The second-order valence-corrected chi connectivity index (χ2v) is 6.11. The molecular formula is C21H24N2O5. The van der Waals surface area contributed by atoms with E-state index in [0.717, 1.165) is 5.56 Å². The molecular weight excluding hydrogens is 360 g/mol. The topological polar surface area (TPSA) is 93.7 Å². The highest BCUT2D eigenvalue weighted by molar-refractivity contribution is 5.94. The molecule has 28 heavy (non-hydrogen) atoms. The van der Waals surface area contributed by atoms with Crippen molar-refractivity contribution in [2.45, 2.75) is 25.8 Å². The van der Waals surface area contributed by atoms with Gasteiger partial charge in [0.15, 0.2) is 6.61 Å². The van der Waals surface area contributed by atoms with Crippen LogP contribution in [0.1, 0.15) is 31.4 Å². The van der Waals surface area contributed by atoms with Crippen LogP contribution >= 0.6 is 0 Å². The van der Waals surface area contributed by atoms with Crippen LogP contribution in [0.25, 0.3) is 0 Å². The molecule has 0 heterocycles. The molecule has 0 aliphatic rings. The number of carbonyl (C=O) groups excluding carboxylic acids is 3. The van der Waals surface area contributed by atoms with E-state index in [1.165, 1.54) is 7.11 Å². The van der Waals surface area contributed by atoms with Gasteiger partial charge in [-0.3, -0.25) is 14.4 Å². The van der Waals surface area contributed by atoms with Crippen LogP contribution in [0.5, 0.6) is 5.75 Å². The molecule has 1 atom stereocenters. The summed E-state index contributed by atoms with van der Waals surface area (Å²) in [5.74, 6) is -0.827. The monoisotopic (exact) mass is 384 g/mol. The Hall–Kier alpha value is -3.35. The average molecular weight is 384 g/mol. The van der Waals surface area contributed by atoms with Gasteiger partial charge in [-0.1, -0.05) is 42.5 Å². The summed E-state index contributed by atoms with van der Waals surface area (Å²) in [6.45, 7) is 1.46. The quantitative estimate of drug-likeness (QED) is 0.649. The molecule has 0 spiro atoms. The Morgan fingerprint density at radius 3 is 2.32 bits per heavy atom. The van der Waals surface area contributed by atoms with E-state index in [0.29, 0.717) is 11.4 Å². The second-order valence-electron chi connectivity index (χ2n) is 6.11. The van der Waals surface area contributed by atoms with Gasteiger partial charge in [0.05, 0.1) is 25.3 Å². The number of para-hydroxylation sites is 2. The summed E-state index contributed by atoms with van der Waals surface area (Å²) in [5.41, 5.74) is 1.48. The van der Waals surface area contributed by atoms with Gasteiger partial charge in [-0.15, -0.1) is 0 Å². The predicted molar refractivity (Wildman–Crippen MR) is 105 cm³/mol. The summed E-state index contributed by atoms with van der Waals surface area (Å²) in [5, 5.41) is 5.43. The molecule has 0 bridgehead atoms. The van der Waals surface area contributed by atoms with Gasteiger partial charge in [0, 0.05) is 6.42 Å². The van der Waals surface area contributed by atoms with Gasteiger partial charge in [-0.25, -0.2) is 0 Å². The molecule has 148 valence electrons. The number of ether oxygens (including phenoxy) is 2. The number of hydrogen-bond acceptors (Lipinski definition) is 5. The maximum atomic E-state index is 12.0. The molecule has 0 saturated carbocycles. The summed E-state index contributed by atoms with van der Waals surface area (Å²) < 4.78 is 10.1. The van der Waals surface area contributed by atoms with Gasteiger partial charge in [0.1, 0.15) is 5.75 Å². The summed E-state index contributed by atoms with van der Waals surface area (Å²) in [7, 11) is 1.51. The lowest BCUT2D eigenvalue weighted by molar-refractivity contribution is -0.149. The van der Waals surface area contributed by atoms with Crippen LogP contribution in [0.15, 0.2) is 54.6 Å². The van der Waals surface area contributed by atoms with Crippen molar-refractivity contribution in [3.8, 4) is 5.75 Å². The van der Waals surface area contributed by atoms with Gasteiger partial charge in [0.25, 0.3) is 5.91 Å². The van der Waals surface area contributed by atoms with Gasteiger partial charge in [-0.05, 0) is 24.6 Å². The van der Waals surface area contributed by atoms with Crippen LogP contribution in [0.4, 0.5) is 5.69 Å². The Balaban J connectivity index is 1.69. The summed E-state index contributed by atoms with van der Waals surface area (Å²) in [6, 6.07) is 16.2. The zero-order valence-electron chi connectivity index (χ0n) is 15.9. The smallest absolute Gasteiger partial charge is 0.306 e. The van der Waals surface area contributed by atoms with Crippen LogP contribution in [0, 0.1) is 0 Å². The SMILES string of the molecule is COc1ccccc1NC(=O)CCC(=O)OCC(=O)N[C@H](C)c1ccccc1. The number of hydrogen-bond donors (Lipinski definition) is 2. The fourth-order valence-electron chi connectivity index (χ4n) is 2.50. The third kappa shape index (κ3) is 6.75. The van der Waals surface area contributed by atoms with E-state index in [4.69, 9.17) is 9.47 Å². The van der Waals surface area contributed by atoms with Crippen molar-refractivity contribution in [3.05, 3.63) is 60.2 Å². The zero-order valence-corrected chi connectivity index (χ0v) is 15.9. The van der Waals surface area contributed by atoms with E-state index in [1.54, 1.807) is 24.3 Å². The number of esters is 1. The van der Waals surface area contributed by atoms with E-state index in [9.17, 15) is 14.4 Å². The van der Waals surface area contributed by atoms with Gasteiger partial charge in [0.2, 0.25) is 5.91 Å². The van der Waals surface area contributed by atoms with E-state index < -0.39 is 11.9 Å². The predicted octanol–water partition coefficient (Wildman–Crippen LogP) is 2.83. The third-order valence-electron chi connectivity index (χ3n) is 3.98. The van der Waals surface area contributed by atoms with Crippen molar-refractivity contribution < 1.29 is 23.9 Å². The van der Waals surface area contributed by atoms with Crippen molar-refractivity contribution in [1.29, 1.82) is 0 Å². The van der Waals surface area contributed by atoms with Crippen molar-refractivity contribution in [2.75, 3.05) is 19.0 Å². The fourth-order valence-corrected chi connectivity index (χ4v) is 2.50. The number of amides is 2. The number of anilines is 1. The summed E-state index contributed by atoms with van der Waals surface area (Å²) >= 11 is 0. The minimum atomic E-state index is -0.613. The Morgan fingerprint density at radius 2 is 1.61 bits per heavy atom. The van der Waals surface area contributed by atoms with Gasteiger partial charge >= 0.3 is 5.97 Å². The van der Waals surface area contributed by atoms with Crippen LogP contribution in [-0.4, -0.2) is 31.5 Å². The first-order valence-electron chi connectivity index (χ1n) is 8.92. The third-order valence-corrected chi connectivity index (χ3v) is 3.98. The fraction of sp³-hybridized carbons (Fsp3) is 0.286. The van der Waals surface area contributed by atoms with E-state index in [-0.39, 0.29) is 31.4 Å². The highest BCUT2D eigenvalue weighted by Gasteiger charge is 2.14.